The van der Waals surface area contributed by atoms with Crippen molar-refractivity contribution < 1.29 is 24.2 Å². The summed E-state index contributed by atoms with van der Waals surface area (Å²) < 4.78 is 12.1. The Morgan fingerprint density at radius 3 is 2.67 bits per heavy atom. The van der Waals surface area contributed by atoms with E-state index in [1.807, 2.05) is 31.2 Å². The number of ether oxygens (including phenoxy) is 2. The summed E-state index contributed by atoms with van der Waals surface area (Å²) in [4.78, 5) is 27.9. The molecule has 0 bridgehead atoms. The summed E-state index contributed by atoms with van der Waals surface area (Å²) >= 11 is 4.63. The third kappa shape index (κ3) is 6.11. The Morgan fingerprint density at radius 1 is 1.20 bits per heavy atom. The number of aliphatic imine (C=N–C) groups is 1. The van der Waals surface area contributed by atoms with Crippen molar-refractivity contribution in [1.82, 2.24) is 5.32 Å². The molecule has 9 heteroatoms. The number of halogens is 1. The summed E-state index contributed by atoms with van der Waals surface area (Å²) in [5, 5.41) is 12.0. The Labute approximate surface area is 186 Å². The first-order valence-electron chi connectivity index (χ1n) is 9.11. The van der Waals surface area contributed by atoms with Crippen LogP contribution < -0.4 is 14.8 Å². The Morgan fingerprint density at radius 2 is 1.97 bits per heavy atom. The Kier molecular flexibility index (Phi) is 7.53. The average Bonchev–Trinajstić information content (AvgIpc) is 3.04. The van der Waals surface area contributed by atoms with E-state index in [9.17, 15) is 9.59 Å². The number of aliphatic carboxylic acids is 1. The summed E-state index contributed by atoms with van der Waals surface area (Å²) in [5.74, 6) is -0.208. The second-order valence-corrected chi connectivity index (χ2v) is 8.04. The smallest absolute Gasteiger partial charge is 0.306 e. The molecule has 0 spiro atoms. The molecule has 1 fully saturated rings. The number of carboxylic acids is 1. The monoisotopic (exact) mass is 490 g/mol. The normalized spacial score (nSPS) is 16.0. The molecule has 1 aliphatic heterocycles. The SMILES string of the molecule is CCOc1cc(/C=C2/SC(=Nc3ccc(Br)cc3)NC2=O)ccc1OCCC(=O)O. The molecular weight excluding hydrogens is 472 g/mol. The van der Waals surface area contributed by atoms with E-state index in [1.54, 1.807) is 24.3 Å². The predicted octanol–water partition coefficient (Wildman–Crippen LogP) is 4.59. The number of carboxylic acid groups (broad SMARTS) is 1. The van der Waals surface area contributed by atoms with Gasteiger partial charge in [0.15, 0.2) is 16.7 Å². The zero-order chi connectivity index (χ0) is 21.5. The molecule has 3 rings (SSSR count). The lowest BCUT2D eigenvalue weighted by Gasteiger charge is -2.12. The lowest BCUT2D eigenvalue weighted by Crippen LogP contribution is -2.19. The standard InChI is InChI=1S/C21H19BrN2O5S/c1-2-28-17-11-13(3-8-16(17)29-10-9-19(25)26)12-18-20(27)24-21(30-18)23-15-6-4-14(22)5-7-15/h3-8,11-12H,2,9-10H2,1H3,(H,25,26)(H,23,24,27)/b18-12+. The number of amides is 1. The topological polar surface area (TPSA) is 97.2 Å². The van der Waals surface area contributed by atoms with Crippen LogP contribution >= 0.6 is 27.7 Å². The van der Waals surface area contributed by atoms with Crippen LogP contribution in [0.15, 0.2) is 56.8 Å². The van der Waals surface area contributed by atoms with E-state index < -0.39 is 5.97 Å². The van der Waals surface area contributed by atoms with Gasteiger partial charge < -0.3 is 19.9 Å². The van der Waals surface area contributed by atoms with E-state index in [0.29, 0.717) is 28.2 Å². The summed E-state index contributed by atoms with van der Waals surface area (Å²) in [6.07, 6.45) is 1.64. The van der Waals surface area contributed by atoms with Gasteiger partial charge in [-0.1, -0.05) is 22.0 Å². The highest BCUT2D eigenvalue weighted by Gasteiger charge is 2.24. The molecule has 7 nitrogen and oxygen atoms in total. The molecule has 0 radical (unpaired) electrons. The van der Waals surface area contributed by atoms with Crippen molar-refractivity contribution in [3.63, 3.8) is 0 Å². The van der Waals surface area contributed by atoms with Gasteiger partial charge in [-0.25, -0.2) is 4.99 Å². The van der Waals surface area contributed by atoms with Gasteiger partial charge >= 0.3 is 5.97 Å². The largest absolute Gasteiger partial charge is 0.490 e. The Bertz CT molecular complexity index is 1000. The third-order valence-electron chi connectivity index (χ3n) is 3.85. The lowest BCUT2D eigenvalue weighted by atomic mass is 10.2. The molecule has 2 aromatic rings. The first-order valence-corrected chi connectivity index (χ1v) is 10.7. The van der Waals surface area contributed by atoms with Gasteiger partial charge in [0, 0.05) is 4.47 Å². The van der Waals surface area contributed by atoms with E-state index in [2.05, 4.69) is 26.2 Å². The fraction of sp³-hybridized carbons (Fsp3) is 0.190. The molecule has 1 aliphatic rings. The first-order chi connectivity index (χ1) is 14.4. The van der Waals surface area contributed by atoms with Gasteiger partial charge in [-0.2, -0.15) is 0 Å². The summed E-state index contributed by atoms with van der Waals surface area (Å²) in [5.41, 5.74) is 1.50. The number of rotatable bonds is 8. The highest BCUT2D eigenvalue weighted by atomic mass is 79.9. The van der Waals surface area contributed by atoms with Gasteiger partial charge in [-0.05, 0) is 66.7 Å². The van der Waals surface area contributed by atoms with Crippen molar-refractivity contribution in [1.29, 1.82) is 0 Å². The van der Waals surface area contributed by atoms with Crippen LogP contribution in [0.4, 0.5) is 5.69 Å². The maximum Gasteiger partial charge on any atom is 0.306 e. The minimum atomic E-state index is -0.931. The molecule has 0 aromatic heterocycles. The lowest BCUT2D eigenvalue weighted by molar-refractivity contribution is -0.137. The molecule has 0 unspecified atom stereocenters. The van der Waals surface area contributed by atoms with Crippen molar-refractivity contribution in [2.24, 2.45) is 4.99 Å². The van der Waals surface area contributed by atoms with Crippen molar-refractivity contribution in [3.8, 4) is 11.5 Å². The average molecular weight is 491 g/mol. The molecule has 1 amide bonds. The van der Waals surface area contributed by atoms with Gasteiger partial charge in [0.05, 0.1) is 30.2 Å². The minimum Gasteiger partial charge on any atom is -0.490 e. The van der Waals surface area contributed by atoms with Crippen LogP contribution in [0.3, 0.4) is 0 Å². The predicted molar refractivity (Wildman–Crippen MR) is 120 cm³/mol. The first kappa shape index (κ1) is 21.9. The summed E-state index contributed by atoms with van der Waals surface area (Å²) in [6.45, 7) is 2.32. The van der Waals surface area contributed by atoms with Gasteiger partial charge in [0.25, 0.3) is 5.91 Å². The number of carbonyl (C=O) groups excluding carboxylic acids is 1. The number of thioether (sulfide) groups is 1. The van der Waals surface area contributed by atoms with Crippen LogP contribution in [0.2, 0.25) is 0 Å². The van der Waals surface area contributed by atoms with Crippen LogP contribution in [-0.2, 0) is 9.59 Å². The molecule has 1 saturated heterocycles. The highest BCUT2D eigenvalue weighted by molar-refractivity contribution is 9.10. The van der Waals surface area contributed by atoms with E-state index in [1.165, 1.54) is 11.8 Å². The molecule has 30 heavy (non-hydrogen) atoms. The summed E-state index contributed by atoms with van der Waals surface area (Å²) in [7, 11) is 0. The van der Waals surface area contributed by atoms with Crippen LogP contribution in [-0.4, -0.2) is 35.4 Å². The van der Waals surface area contributed by atoms with Crippen LogP contribution in [0, 0.1) is 0 Å². The number of nitrogens with zero attached hydrogens (tertiary/aromatic N) is 1. The summed E-state index contributed by atoms with van der Waals surface area (Å²) in [6, 6.07) is 12.7. The van der Waals surface area contributed by atoms with Gasteiger partial charge in [-0.3, -0.25) is 9.59 Å². The van der Waals surface area contributed by atoms with Crippen LogP contribution in [0.5, 0.6) is 11.5 Å². The minimum absolute atomic E-state index is 0.0456. The number of nitrogens with one attached hydrogen (secondary N) is 1. The molecule has 0 atom stereocenters. The molecule has 0 saturated carbocycles. The zero-order valence-electron chi connectivity index (χ0n) is 16.1. The number of carbonyl (C=O) groups is 2. The molecule has 2 N–H and O–H groups in total. The Hall–Kier alpha value is -2.78. The number of amidine groups is 1. The second kappa shape index (κ2) is 10.3. The maximum absolute atomic E-state index is 12.3. The third-order valence-corrected chi connectivity index (χ3v) is 5.29. The van der Waals surface area contributed by atoms with Crippen molar-refractivity contribution in [2.45, 2.75) is 13.3 Å². The second-order valence-electron chi connectivity index (χ2n) is 6.09. The number of hydrogen-bond donors (Lipinski definition) is 2. The fourth-order valence-electron chi connectivity index (χ4n) is 2.52. The fourth-order valence-corrected chi connectivity index (χ4v) is 3.62. The van der Waals surface area contributed by atoms with E-state index >= 15 is 0 Å². The molecular formula is C21H19BrN2O5S. The van der Waals surface area contributed by atoms with Crippen LogP contribution in [0.1, 0.15) is 18.9 Å². The van der Waals surface area contributed by atoms with Crippen molar-refractivity contribution in [2.75, 3.05) is 13.2 Å². The quantitative estimate of drug-likeness (QED) is 0.525. The molecule has 0 aliphatic carbocycles. The number of benzene rings is 2. The van der Waals surface area contributed by atoms with Crippen LogP contribution in [0.25, 0.3) is 6.08 Å². The van der Waals surface area contributed by atoms with Gasteiger partial charge in [0.1, 0.15) is 0 Å². The van der Waals surface area contributed by atoms with E-state index in [-0.39, 0.29) is 18.9 Å². The number of hydrogen-bond acceptors (Lipinski definition) is 6. The van der Waals surface area contributed by atoms with Gasteiger partial charge in [0.2, 0.25) is 0 Å². The molecule has 1 heterocycles. The molecule has 156 valence electrons. The van der Waals surface area contributed by atoms with Crippen molar-refractivity contribution >= 4 is 56.5 Å². The highest BCUT2D eigenvalue weighted by Crippen LogP contribution is 2.32. The Balaban J connectivity index is 1.76. The zero-order valence-corrected chi connectivity index (χ0v) is 18.5. The van der Waals surface area contributed by atoms with E-state index in [0.717, 1.165) is 15.7 Å². The van der Waals surface area contributed by atoms with Gasteiger partial charge in [-0.15, -0.1) is 0 Å². The maximum atomic E-state index is 12.3. The van der Waals surface area contributed by atoms with Crippen molar-refractivity contribution in [3.05, 3.63) is 57.4 Å². The molecule has 2 aromatic carbocycles. The van der Waals surface area contributed by atoms with E-state index in [4.69, 9.17) is 14.6 Å².